The molecule has 0 N–H and O–H groups in total. The predicted octanol–water partition coefficient (Wildman–Crippen LogP) is 1.22. The van der Waals surface area contributed by atoms with Crippen molar-refractivity contribution < 1.29 is 19.1 Å². The third-order valence-electron chi connectivity index (χ3n) is 3.35. The van der Waals surface area contributed by atoms with Gasteiger partial charge in [-0.25, -0.2) is 9.59 Å². The van der Waals surface area contributed by atoms with Gasteiger partial charge < -0.3 is 9.47 Å². The van der Waals surface area contributed by atoms with E-state index in [-0.39, 0.29) is 11.3 Å². The molecule has 16 heavy (non-hydrogen) atoms. The zero-order valence-electron chi connectivity index (χ0n) is 9.57. The maximum atomic E-state index is 11.7. The predicted molar refractivity (Wildman–Crippen MR) is 56.4 cm³/mol. The van der Waals surface area contributed by atoms with Gasteiger partial charge in [-0.15, -0.1) is 0 Å². The lowest BCUT2D eigenvalue weighted by atomic mass is 9.84. The van der Waals surface area contributed by atoms with Crippen LogP contribution in [0.1, 0.15) is 13.3 Å². The first kappa shape index (κ1) is 10.9. The average molecular weight is 222 g/mol. The van der Waals surface area contributed by atoms with Crippen LogP contribution in [0.15, 0.2) is 23.3 Å². The van der Waals surface area contributed by atoms with E-state index < -0.39 is 11.9 Å². The Hall–Kier alpha value is -1.58. The summed E-state index contributed by atoms with van der Waals surface area (Å²) in [5, 5.41) is 0. The molecule has 0 radical (unpaired) electrons. The van der Waals surface area contributed by atoms with Crippen molar-refractivity contribution in [2.75, 3.05) is 14.2 Å². The van der Waals surface area contributed by atoms with Crippen molar-refractivity contribution >= 4 is 11.9 Å². The highest BCUT2D eigenvalue weighted by atomic mass is 16.5. The maximum absolute atomic E-state index is 11.7. The first-order valence-electron chi connectivity index (χ1n) is 5.14. The minimum absolute atomic E-state index is 0.00782. The summed E-state index contributed by atoms with van der Waals surface area (Å²) in [7, 11) is 2.64. The van der Waals surface area contributed by atoms with Gasteiger partial charge in [0, 0.05) is 11.3 Å². The molecular weight excluding hydrogens is 208 g/mol. The smallest absolute Gasteiger partial charge is 0.335 e. The summed E-state index contributed by atoms with van der Waals surface area (Å²) in [6, 6.07) is 0. The number of carbonyl (C=O) groups excluding carboxylic acids is 2. The molecule has 0 amide bonds. The van der Waals surface area contributed by atoms with Crippen molar-refractivity contribution in [3.05, 3.63) is 23.3 Å². The van der Waals surface area contributed by atoms with Crippen LogP contribution in [0, 0.1) is 11.3 Å². The number of allylic oxidation sites excluding steroid dienone is 2. The van der Waals surface area contributed by atoms with E-state index in [0.717, 1.165) is 6.42 Å². The zero-order valence-corrected chi connectivity index (χ0v) is 9.57. The molecule has 2 aliphatic carbocycles. The van der Waals surface area contributed by atoms with Gasteiger partial charge in [-0.1, -0.05) is 19.1 Å². The van der Waals surface area contributed by atoms with Crippen molar-refractivity contribution in [3.8, 4) is 0 Å². The van der Waals surface area contributed by atoms with Gasteiger partial charge in [0.2, 0.25) is 0 Å². The lowest BCUT2D eigenvalue weighted by molar-refractivity contribution is -0.139. The number of ether oxygens (including phenoxy) is 2. The van der Waals surface area contributed by atoms with Crippen molar-refractivity contribution in [1.29, 1.82) is 0 Å². The molecular formula is C12H14O4. The first-order chi connectivity index (χ1) is 7.53. The van der Waals surface area contributed by atoms with Crippen molar-refractivity contribution in [3.63, 3.8) is 0 Å². The molecule has 2 bridgehead atoms. The Morgan fingerprint density at radius 2 is 1.94 bits per heavy atom. The summed E-state index contributed by atoms with van der Waals surface area (Å²) in [5.74, 6) is -0.875. The number of hydrogen-bond donors (Lipinski definition) is 0. The van der Waals surface area contributed by atoms with Crippen molar-refractivity contribution in [2.24, 2.45) is 11.3 Å². The summed E-state index contributed by atoms with van der Waals surface area (Å²) in [6.07, 6.45) is 4.68. The molecule has 0 fully saturated rings. The fourth-order valence-electron chi connectivity index (χ4n) is 2.61. The summed E-state index contributed by atoms with van der Waals surface area (Å²) in [5.41, 5.74) is 0.537. The minimum atomic E-state index is -0.435. The SMILES string of the molecule is COC(=O)C1=C(C(=O)OC)C2(C)C=CC1C2. The number of esters is 2. The molecule has 2 unspecified atom stereocenters. The lowest BCUT2D eigenvalue weighted by Crippen LogP contribution is -2.22. The second kappa shape index (κ2) is 3.47. The first-order valence-corrected chi connectivity index (χ1v) is 5.14. The summed E-state index contributed by atoms with van der Waals surface area (Å²) in [6.45, 7) is 1.94. The van der Waals surface area contributed by atoms with E-state index >= 15 is 0 Å². The molecule has 0 aliphatic heterocycles. The van der Waals surface area contributed by atoms with Crippen LogP contribution >= 0.6 is 0 Å². The number of methoxy groups -OCH3 is 2. The van der Waals surface area contributed by atoms with E-state index in [1.54, 1.807) is 0 Å². The van der Waals surface area contributed by atoms with Crippen LogP contribution in [-0.2, 0) is 19.1 Å². The molecule has 0 saturated heterocycles. The van der Waals surface area contributed by atoms with E-state index in [9.17, 15) is 9.59 Å². The summed E-state index contributed by atoms with van der Waals surface area (Å²) >= 11 is 0. The topological polar surface area (TPSA) is 52.6 Å². The number of fused-ring (bicyclic) bond motifs is 2. The second-order valence-electron chi connectivity index (χ2n) is 4.36. The van der Waals surface area contributed by atoms with Crippen molar-refractivity contribution in [2.45, 2.75) is 13.3 Å². The largest absolute Gasteiger partial charge is 0.466 e. The maximum Gasteiger partial charge on any atom is 0.335 e. The molecule has 86 valence electrons. The molecule has 0 aromatic rings. The van der Waals surface area contributed by atoms with E-state index in [4.69, 9.17) is 9.47 Å². The Bertz CT molecular complexity index is 419. The molecule has 0 spiro atoms. The number of hydrogen-bond acceptors (Lipinski definition) is 4. The number of rotatable bonds is 2. The third-order valence-corrected chi connectivity index (χ3v) is 3.35. The van der Waals surface area contributed by atoms with Gasteiger partial charge in [-0.05, 0) is 6.42 Å². The van der Waals surface area contributed by atoms with E-state index in [1.165, 1.54) is 14.2 Å². The Morgan fingerprint density at radius 3 is 2.50 bits per heavy atom. The average Bonchev–Trinajstić information content (AvgIpc) is 2.79. The standard InChI is InChI=1S/C12H14O4/c1-12-5-4-7(6-12)8(10(13)15-2)9(12)11(14)16-3/h4-5,7H,6H2,1-3H3. The van der Waals surface area contributed by atoms with E-state index in [0.29, 0.717) is 11.1 Å². The minimum Gasteiger partial charge on any atom is -0.466 e. The number of carbonyl (C=O) groups is 2. The highest BCUT2D eigenvalue weighted by Crippen LogP contribution is 2.53. The quantitative estimate of drug-likeness (QED) is 0.521. The fourth-order valence-corrected chi connectivity index (χ4v) is 2.61. The Balaban J connectivity index is 2.50. The van der Waals surface area contributed by atoms with Gasteiger partial charge in [-0.2, -0.15) is 0 Å². The normalized spacial score (nSPS) is 30.8. The van der Waals surface area contributed by atoms with Crippen LogP contribution in [0.25, 0.3) is 0 Å². The van der Waals surface area contributed by atoms with E-state index in [2.05, 4.69) is 0 Å². The van der Waals surface area contributed by atoms with Crippen molar-refractivity contribution in [1.82, 2.24) is 0 Å². The highest BCUT2D eigenvalue weighted by Gasteiger charge is 2.50. The molecule has 2 rings (SSSR count). The van der Waals surface area contributed by atoms with Gasteiger partial charge in [0.25, 0.3) is 0 Å². The monoisotopic (exact) mass is 222 g/mol. The Labute approximate surface area is 93.9 Å². The van der Waals surface area contributed by atoms with Gasteiger partial charge >= 0.3 is 11.9 Å². The Kier molecular flexibility index (Phi) is 2.37. The van der Waals surface area contributed by atoms with Gasteiger partial charge in [0.15, 0.2) is 0 Å². The van der Waals surface area contributed by atoms with Crippen LogP contribution < -0.4 is 0 Å². The van der Waals surface area contributed by atoms with Gasteiger partial charge in [0.1, 0.15) is 0 Å². The zero-order chi connectivity index (χ0) is 11.9. The third kappa shape index (κ3) is 1.29. The fraction of sp³-hybridized carbons (Fsp3) is 0.500. The molecule has 2 aliphatic rings. The summed E-state index contributed by atoms with van der Waals surface area (Å²) in [4.78, 5) is 23.4. The molecule has 0 saturated carbocycles. The molecule has 2 atom stereocenters. The molecule has 4 heteroatoms. The molecule has 0 aromatic carbocycles. The van der Waals surface area contributed by atoms with Crippen LogP contribution in [-0.4, -0.2) is 26.2 Å². The van der Waals surface area contributed by atoms with E-state index in [1.807, 2.05) is 19.1 Å². The van der Waals surface area contributed by atoms with Gasteiger partial charge in [-0.3, -0.25) is 0 Å². The van der Waals surface area contributed by atoms with Crippen LogP contribution in [0.2, 0.25) is 0 Å². The summed E-state index contributed by atoms with van der Waals surface area (Å²) < 4.78 is 9.46. The van der Waals surface area contributed by atoms with Crippen LogP contribution in [0.3, 0.4) is 0 Å². The molecule has 4 nitrogen and oxygen atoms in total. The van der Waals surface area contributed by atoms with Crippen LogP contribution in [0.5, 0.6) is 0 Å². The second-order valence-corrected chi connectivity index (χ2v) is 4.36. The molecule has 0 aromatic heterocycles. The Morgan fingerprint density at radius 1 is 1.31 bits per heavy atom. The highest BCUT2D eigenvalue weighted by molar-refractivity contribution is 6.04. The van der Waals surface area contributed by atoms with Gasteiger partial charge in [0.05, 0.1) is 25.4 Å². The molecule has 0 heterocycles. The van der Waals surface area contributed by atoms with Crippen LogP contribution in [0.4, 0.5) is 0 Å². The lowest BCUT2D eigenvalue weighted by Gasteiger charge is -2.21.